The maximum atomic E-state index is 11.5. The Bertz CT molecular complexity index is 699. The minimum Gasteiger partial charge on any atom is -0.494 e. The quantitative estimate of drug-likeness (QED) is 0.415. The first-order valence-corrected chi connectivity index (χ1v) is 8.78. The average Bonchev–Trinajstić information content (AvgIpc) is 3.10. The van der Waals surface area contributed by atoms with Gasteiger partial charge in [0.15, 0.2) is 5.16 Å². The number of carbonyl (C=O) groups excluding carboxylic acids is 2. The van der Waals surface area contributed by atoms with Gasteiger partial charge in [0.05, 0.1) is 32.1 Å². The van der Waals surface area contributed by atoms with Crippen molar-refractivity contribution in [3.05, 3.63) is 41.7 Å². The summed E-state index contributed by atoms with van der Waals surface area (Å²) in [5.41, 5.74) is 0.840. The van der Waals surface area contributed by atoms with Crippen molar-refractivity contribution in [1.82, 2.24) is 9.97 Å². The number of benzene rings is 1. The normalized spacial score (nSPS) is 10.3. The van der Waals surface area contributed by atoms with Gasteiger partial charge in [-0.2, -0.15) is 0 Å². The molecule has 0 amide bonds. The molecule has 0 aliphatic carbocycles. The molecule has 0 radical (unpaired) electrons. The van der Waals surface area contributed by atoms with E-state index in [2.05, 4.69) is 14.7 Å². The summed E-state index contributed by atoms with van der Waals surface area (Å²) < 4.78 is 15.2. The molecule has 0 bridgehead atoms. The lowest BCUT2D eigenvalue weighted by Gasteiger charge is -2.06. The number of aromatic amines is 1. The molecule has 1 N–H and O–H groups in total. The highest BCUT2D eigenvalue weighted by Gasteiger charge is 2.10. The smallest absolute Gasteiger partial charge is 0.356 e. The molecular formula is C17H20N2O5S. The van der Waals surface area contributed by atoms with E-state index in [1.165, 1.54) is 25.1 Å². The fourth-order valence-corrected chi connectivity index (χ4v) is 2.68. The molecular weight excluding hydrogens is 344 g/mol. The maximum absolute atomic E-state index is 11.5. The highest BCUT2D eigenvalue weighted by molar-refractivity contribution is 7.99. The van der Waals surface area contributed by atoms with Gasteiger partial charge >= 0.3 is 11.9 Å². The predicted molar refractivity (Wildman–Crippen MR) is 93.2 cm³/mol. The zero-order valence-electron chi connectivity index (χ0n) is 14.1. The molecule has 8 heteroatoms. The third-order valence-corrected chi connectivity index (χ3v) is 4.09. The Morgan fingerprint density at radius 3 is 2.64 bits per heavy atom. The Kier molecular flexibility index (Phi) is 7.34. The van der Waals surface area contributed by atoms with Crippen molar-refractivity contribution < 1.29 is 23.8 Å². The van der Waals surface area contributed by atoms with Crippen LogP contribution in [0.25, 0.3) is 0 Å². The van der Waals surface area contributed by atoms with E-state index in [1.807, 2.05) is 0 Å². The van der Waals surface area contributed by atoms with E-state index in [9.17, 15) is 9.59 Å². The number of rotatable bonds is 9. The van der Waals surface area contributed by atoms with Crippen LogP contribution in [-0.2, 0) is 9.47 Å². The largest absolute Gasteiger partial charge is 0.494 e. The molecule has 1 aromatic carbocycles. The summed E-state index contributed by atoms with van der Waals surface area (Å²) in [6.07, 6.45) is 2.28. The van der Waals surface area contributed by atoms with Crippen molar-refractivity contribution in [2.45, 2.75) is 18.5 Å². The van der Waals surface area contributed by atoms with Crippen LogP contribution in [0.3, 0.4) is 0 Å². The average molecular weight is 364 g/mol. The summed E-state index contributed by atoms with van der Waals surface area (Å²) in [7, 11) is 1.35. The van der Waals surface area contributed by atoms with Crippen molar-refractivity contribution in [2.75, 3.05) is 26.1 Å². The summed E-state index contributed by atoms with van der Waals surface area (Å²) in [5.74, 6) is 0.708. The number of hydrogen-bond donors (Lipinski definition) is 1. The number of aromatic nitrogens is 2. The van der Waals surface area contributed by atoms with Crippen LogP contribution in [0, 0.1) is 0 Å². The van der Waals surface area contributed by atoms with E-state index >= 15 is 0 Å². The summed E-state index contributed by atoms with van der Waals surface area (Å²) in [6.45, 7) is 2.63. The van der Waals surface area contributed by atoms with Gasteiger partial charge in [-0.15, -0.1) is 0 Å². The van der Waals surface area contributed by atoms with Gasteiger partial charge in [0.25, 0.3) is 0 Å². The van der Waals surface area contributed by atoms with Gasteiger partial charge in [0.2, 0.25) is 0 Å². The van der Waals surface area contributed by atoms with Crippen molar-refractivity contribution in [3.8, 4) is 5.75 Å². The van der Waals surface area contributed by atoms with Gasteiger partial charge in [0, 0.05) is 5.75 Å². The Hall–Kier alpha value is -2.48. The first kappa shape index (κ1) is 18.9. The van der Waals surface area contributed by atoms with Crippen LogP contribution >= 0.6 is 11.8 Å². The minimum absolute atomic E-state index is 0.332. The molecule has 0 unspecified atom stereocenters. The zero-order valence-corrected chi connectivity index (χ0v) is 14.9. The minimum atomic E-state index is -0.402. The van der Waals surface area contributed by atoms with Crippen molar-refractivity contribution in [3.63, 3.8) is 0 Å². The summed E-state index contributed by atoms with van der Waals surface area (Å²) in [4.78, 5) is 29.9. The molecule has 0 aliphatic rings. The van der Waals surface area contributed by atoms with Crippen LogP contribution in [0.4, 0.5) is 0 Å². The molecule has 7 nitrogen and oxygen atoms in total. The standard InChI is InChI=1S/C17H20N2O5S/c1-3-23-16(21)14-11-18-17(19-14)25-10-4-9-24-13-7-5-12(6-8-13)15(20)22-2/h5-8,11H,3-4,9-10H2,1-2H3,(H,18,19). The lowest BCUT2D eigenvalue weighted by Crippen LogP contribution is -2.04. The molecule has 0 spiro atoms. The number of carbonyl (C=O) groups is 2. The SMILES string of the molecule is CCOC(=O)c1cnc(SCCCOc2ccc(C(=O)OC)cc2)[nH]1. The van der Waals surface area contributed by atoms with Crippen LogP contribution in [0.1, 0.15) is 34.2 Å². The van der Waals surface area contributed by atoms with Crippen LogP contribution in [0.15, 0.2) is 35.6 Å². The highest BCUT2D eigenvalue weighted by Crippen LogP contribution is 2.17. The number of thioether (sulfide) groups is 1. The Morgan fingerprint density at radius 1 is 1.20 bits per heavy atom. The second-order valence-corrected chi connectivity index (χ2v) is 5.97. The number of methoxy groups -OCH3 is 1. The monoisotopic (exact) mass is 364 g/mol. The van der Waals surface area contributed by atoms with E-state index in [0.717, 1.165) is 12.2 Å². The number of imidazole rings is 1. The Labute approximate surface area is 150 Å². The molecule has 0 aliphatic heterocycles. The molecule has 25 heavy (non-hydrogen) atoms. The summed E-state index contributed by atoms with van der Waals surface area (Å²) >= 11 is 1.51. The molecule has 134 valence electrons. The van der Waals surface area contributed by atoms with E-state index in [4.69, 9.17) is 9.47 Å². The number of nitrogens with zero attached hydrogens (tertiary/aromatic N) is 1. The first-order chi connectivity index (χ1) is 12.1. The van der Waals surface area contributed by atoms with Gasteiger partial charge in [0.1, 0.15) is 11.4 Å². The van der Waals surface area contributed by atoms with E-state index < -0.39 is 5.97 Å². The second-order valence-electron chi connectivity index (χ2n) is 4.89. The first-order valence-electron chi connectivity index (χ1n) is 7.80. The van der Waals surface area contributed by atoms with Gasteiger partial charge in [-0.1, -0.05) is 11.8 Å². The molecule has 2 rings (SSSR count). The molecule has 0 saturated heterocycles. The molecule has 2 aromatic rings. The van der Waals surface area contributed by atoms with E-state index in [0.29, 0.717) is 35.4 Å². The molecule has 0 fully saturated rings. The number of ether oxygens (including phenoxy) is 3. The van der Waals surface area contributed by atoms with Crippen LogP contribution in [0.2, 0.25) is 0 Å². The fourth-order valence-electron chi connectivity index (χ4n) is 1.91. The number of esters is 2. The van der Waals surface area contributed by atoms with Gasteiger partial charge in [-0.25, -0.2) is 14.6 Å². The fraction of sp³-hybridized carbons (Fsp3) is 0.353. The van der Waals surface area contributed by atoms with Crippen LogP contribution in [-0.4, -0.2) is 48.0 Å². The van der Waals surface area contributed by atoms with E-state index in [-0.39, 0.29) is 5.97 Å². The maximum Gasteiger partial charge on any atom is 0.356 e. The lowest BCUT2D eigenvalue weighted by molar-refractivity contribution is 0.0518. The topological polar surface area (TPSA) is 90.5 Å². The van der Waals surface area contributed by atoms with Gasteiger partial charge < -0.3 is 19.2 Å². The van der Waals surface area contributed by atoms with Gasteiger partial charge in [-0.3, -0.25) is 0 Å². The third kappa shape index (κ3) is 5.82. The van der Waals surface area contributed by atoms with Crippen molar-refractivity contribution in [2.24, 2.45) is 0 Å². The lowest BCUT2D eigenvalue weighted by atomic mass is 10.2. The van der Waals surface area contributed by atoms with E-state index in [1.54, 1.807) is 31.2 Å². The highest BCUT2D eigenvalue weighted by atomic mass is 32.2. The molecule has 0 saturated carbocycles. The van der Waals surface area contributed by atoms with Crippen molar-refractivity contribution >= 4 is 23.7 Å². The molecule has 1 heterocycles. The Morgan fingerprint density at radius 2 is 1.96 bits per heavy atom. The summed E-state index contributed by atoms with van der Waals surface area (Å²) in [5, 5.41) is 0.672. The van der Waals surface area contributed by atoms with Crippen molar-refractivity contribution in [1.29, 1.82) is 0 Å². The third-order valence-electron chi connectivity index (χ3n) is 3.12. The van der Waals surface area contributed by atoms with Gasteiger partial charge in [-0.05, 0) is 37.6 Å². The molecule has 1 aromatic heterocycles. The molecule has 0 atom stereocenters. The number of hydrogen-bond acceptors (Lipinski definition) is 7. The second kappa shape index (κ2) is 9.73. The Balaban J connectivity index is 1.68. The predicted octanol–water partition coefficient (Wildman–Crippen LogP) is 2.93. The summed E-state index contributed by atoms with van der Waals surface area (Å²) in [6, 6.07) is 6.79. The number of H-pyrrole nitrogens is 1. The number of nitrogens with one attached hydrogen (secondary N) is 1. The van der Waals surface area contributed by atoms with Crippen LogP contribution in [0.5, 0.6) is 5.75 Å². The zero-order chi connectivity index (χ0) is 18.1. The van der Waals surface area contributed by atoms with Crippen LogP contribution < -0.4 is 4.74 Å².